The van der Waals surface area contributed by atoms with Crippen LogP contribution in [0.1, 0.15) is 53.1 Å². The number of aliphatic hydroxyl groups is 1. The number of fused-ring (bicyclic) bond motifs is 1. The molecule has 0 saturated carbocycles. The van der Waals surface area contributed by atoms with E-state index in [1.54, 1.807) is 12.1 Å². The molecule has 2 aromatic rings. The highest BCUT2D eigenvalue weighted by Crippen LogP contribution is 2.35. The number of nitrogens with zero attached hydrogens (tertiary/aromatic N) is 1. The minimum absolute atomic E-state index is 0.0493. The number of para-hydroxylation sites is 1. The van der Waals surface area contributed by atoms with E-state index in [1.165, 1.54) is 10.6 Å². The highest BCUT2D eigenvalue weighted by atomic mass is 16.3. The van der Waals surface area contributed by atoms with Gasteiger partial charge in [0.25, 0.3) is 11.5 Å². The number of pyridine rings is 1. The highest BCUT2D eigenvalue weighted by molar-refractivity contribution is 6.02. The standard InChI is InChI=1S/C21H24N2O4/c1-21(2)12-17-15(18(25)13-21)11-16(19(26)22-9-6-10-24)20(27)23(17)14-7-4-3-5-8-14/h3-5,7-8,11,24H,6,9-10,12-13H2,1-2H3,(H,22,26). The van der Waals surface area contributed by atoms with Gasteiger partial charge in [-0.3, -0.25) is 19.0 Å². The first-order valence-corrected chi connectivity index (χ1v) is 9.11. The van der Waals surface area contributed by atoms with Gasteiger partial charge in [0.05, 0.1) is 0 Å². The number of carbonyl (C=O) groups excluding carboxylic acids is 2. The Kier molecular flexibility index (Phi) is 5.28. The molecule has 0 radical (unpaired) electrons. The van der Waals surface area contributed by atoms with Crippen molar-refractivity contribution in [1.82, 2.24) is 9.88 Å². The number of benzene rings is 1. The van der Waals surface area contributed by atoms with Gasteiger partial charge in [-0.2, -0.15) is 0 Å². The fraction of sp³-hybridized carbons (Fsp3) is 0.381. The minimum Gasteiger partial charge on any atom is -0.396 e. The zero-order valence-electron chi connectivity index (χ0n) is 15.6. The molecule has 1 aliphatic carbocycles. The molecule has 27 heavy (non-hydrogen) atoms. The maximum Gasteiger partial charge on any atom is 0.268 e. The second kappa shape index (κ2) is 7.48. The van der Waals surface area contributed by atoms with Gasteiger partial charge in [-0.1, -0.05) is 32.0 Å². The molecule has 0 bridgehead atoms. The number of amides is 1. The topological polar surface area (TPSA) is 88.4 Å². The predicted octanol–water partition coefficient (Wildman–Crippen LogP) is 2.10. The zero-order valence-corrected chi connectivity index (χ0v) is 15.6. The number of aliphatic hydroxyl groups excluding tert-OH is 1. The van der Waals surface area contributed by atoms with Gasteiger partial charge in [0.2, 0.25) is 0 Å². The van der Waals surface area contributed by atoms with Crippen molar-refractivity contribution in [2.75, 3.05) is 13.2 Å². The second-order valence-corrected chi connectivity index (χ2v) is 7.67. The fourth-order valence-electron chi connectivity index (χ4n) is 3.50. The molecular formula is C21H24N2O4. The molecular weight excluding hydrogens is 344 g/mol. The van der Waals surface area contributed by atoms with Gasteiger partial charge in [-0.15, -0.1) is 0 Å². The van der Waals surface area contributed by atoms with E-state index >= 15 is 0 Å². The van der Waals surface area contributed by atoms with Crippen molar-refractivity contribution in [2.24, 2.45) is 5.41 Å². The summed E-state index contributed by atoms with van der Waals surface area (Å²) in [5.41, 5.74) is 0.979. The molecule has 0 fully saturated rings. The van der Waals surface area contributed by atoms with E-state index in [0.717, 1.165) is 0 Å². The third-order valence-electron chi connectivity index (χ3n) is 4.77. The van der Waals surface area contributed by atoms with Crippen LogP contribution in [0.5, 0.6) is 0 Å². The van der Waals surface area contributed by atoms with E-state index in [0.29, 0.717) is 36.2 Å². The van der Waals surface area contributed by atoms with Crippen molar-refractivity contribution >= 4 is 11.7 Å². The summed E-state index contributed by atoms with van der Waals surface area (Å²) in [6.07, 6.45) is 1.35. The predicted molar refractivity (Wildman–Crippen MR) is 103 cm³/mol. The van der Waals surface area contributed by atoms with Crippen molar-refractivity contribution in [3.63, 3.8) is 0 Å². The maximum atomic E-state index is 13.2. The van der Waals surface area contributed by atoms with Crippen LogP contribution < -0.4 is 10.9 Å². The number of carbonyl (C=O) groups is 2. The van der Waals surface area contributed by atoms with Gasteiger partial charge in [0.15, 0.2) is 5.78 Å². The summed E-state index contributed by atoms with van der Waals surface area (Å²) in [5, 5.41) is 11.5. The fourth-order valence-corrected chi connectivity index (χ4v) is 3.50. The number of ketones is 1. The minimum atomic E-state index is -0.529. The van der Waals surface area contributed by atoms with E-state index < -0.39 is 11.5 Å². The van der Waals surface area contributed by atoms with Gasteiger partial charge in [0, 0.05) is 36.5 Å². The number of rotatable bonds is 5. The number of nitrogens with one attached hydrogen (secondary N) is 1. The van der Waals surface area contributed by atoms with Crippen molar-refractivity contribution in [2.45, 2.75) is 33.1 Å². The molecule has 1 aromatic carbocycles. The molecule has 0 atom stereocenters. The molecule has 0 saturated heterocycles. The molecule has 0 unspecified atom stereocenters. The van der Waals surface area contributed by atoms with Crippen LogP contribution in [0, 0.1) is 5.41 Å². The van der Waals surface area contributed by atoms with E-state index in [4.69, 9.17) is 5.11 Å². The van der Waals surface area contributed by atoms with Gasteiger partial charge in [-0.05, 0) is 36.5 Å². The average molecular weight is 368 g/mol. The lowest BCUT2D eigenvalue weighted by Crippen LogP contribution is -2.39. The Hall–Kier alpha value is -2.73. The molecule has 3 rings (SSSR count). The van der Waals surface area contributed by atoms with E-state index in [1.807, 2.05) is 32.0 Å². The van der Waals surface area contributed by atoms with E-state index in [9.17, 15) is 14.4 Å². The molecule has 1 amide bonds. The summed E-state index contributed by atoms with van der Waals surface area (Å²) in [7, 11) is 0. The summed E-state index contributed by atoms with van der Waals surface area (Å²) in [5.74, 6) is -0.589. The van der Waals surface area contributed by atoms with Crippen molar-refractivity contribution in [3.05, 3.63) is 63.6 Å². The van der Waals surface area contributed by atoms with Crippen molar-refractivity contribution in [3.8, 4) is 5.69 Å². The molecule has 1 aromatic heterocycles. The van der Waals surface area contributed by atoms with Crippen LogP contribution in [-0.4, -0.2) is 34.5 Å². The van der Waals surface area contributed by atoms with Gasteiger partial charge in [-0.25, -0.2) is 0 Å². The summed E-state index contributed by atoms with van der Waals surface area (Å²) >= 11 is 0. The molecule has 2 N–H and O–H groups in total. The van der Waals surface area contributed by atoms with Crippen LogP contribution in [0.4, 0.5) is 0 Å². The number of hydrogen-bond donors (Lipinski definition) is 2. The smallest absolute Gasteiger partial charge is 0.268 e. The molecule has 6 heteroatoms. The van der Waals surface area contributed by atoms with Crippen LogP contribution in [0.15, 0.2) is 41.2 Å². The largest absolute Gasteiger partial charge is 0.396 e. The molecule has 0 aliphatic heterocycles. The third kappa shape index (κ3) is 3.85. The Bertz CT molecular complexity index is 929. The lowest BCUT2D eigenvalue weighted by atomic mass is 9.75. The van der Waals surface area contributed by atoms with Gasteiger partial charge in [0.1, 0.15) is 5.56 Å². The lowest BCUT2D eigenvalue weighted by molar-refractivity contribution is 0.0908. The van der Waals surface area contributed by atoms with Crippen LogP contribution in [0.25, 0.3) is 5.69 Å². The van der Waals surface area contributed by atoms with Crippen LogP contribution in [-0.2, 0) is 6.42 Å². The van der Waals surface area contributed by atoms with E-state index in [2.05, 4.69) is 5.32 Å². The number of Topliss-reactive ketones (excluding diaryl/α,β-unsaturated/α-hetero) is 1. The second-order valence-electron chi connectivity index (χ2n) is 7.67. The Morgan fingerprint density at radius 3 is 2.56 bits per heavy atom. The average Bonchev–Trinajstić information content (AvgIpc) is 2.61. The maximum absolute atomic E-state index is 13.2. The highest BCUT2D eigenvalue weighted by Gasteiger charge is 2.34. The Morgan fingerprint density at radius 2 is 1.89 bits per heavy atom. The monoisotopic (exact) mass is 368 g/mol. The molecule has 0 spiro atoms. The number of hydrogen-bond acceptors (Lipinski definition) is 4. The quantitative estimate of drug-likeness (QED) is 0.791. The van der Waals surface area contributed by atoms with Crippen LogP contribution in [0.3, 0.4) is 0 Å². The summed E-state index contributed by atoms with van der Waals surface area (Å²) in [6, 6.07) is 10.5. The van der Waals surface area contributed by atoms with E-state index in [-0.39, 0.29) is 29.9 Å². The first-order chi connectivity index (χ1) is 12.8. The molecule has 1 aliphatic rings. The number of aromatic nitrogens is 1. The molecule has 1 heterocycles. The summed E-state index contributed by atoms with van der Waals surface area (Å²) in [6.45, 7) is 4.22. The van der Waals surface area contributed by atoms with Crippen molar-refractivity contribution < 1.29 is 14.7 Å². The van der Waals surface area contributed by atoms with Gasteiger partial charge >= 0.3 is 0 Å². The normalized spacial score (nSPS) is 15.3. The zero-order chi connectivity index (χ0) is 19.6. The Balaban J connectivity index is 2.19. The third-order valence-corrected chi connectivity index (χ3v) is 4.77. The first-order valence-electron chi connectivity index (χ1n) is 9.11. The van der Waals surface area contributed by atoms with Crippen molar-refractivity contribution in [1.29, 1.82) is 0 Å². The Labute approximate surface area is 157 Å². The van der Waals surface area contributed by atoms with Crippen LogP contribution >= 0.6 is 0 Å². The van der Waals surface area contributed by atoms with Gasteiger partial charge < -0.3 is 10.4 Å². The summed E-state index contributed by atoms with van der Waals surface area (Å²) in [4.78, 5) is 38.5. The summed E-state index contributed by atoms with van der Waals surface area (Å²) < 4.78 is 1.50. The molecule has 6 nitrogen and oxygen atoms in total. The SMILES string of the molecule is CC1(C)CC(=O)c2cc(C(=O)NCCCO)c(=O)n(-c3ccccc3)c2C1. The lowest BCUT2D eigenvalue weighted by Gasteiger charge is -2.32. The Morgan fingerprint density at radius 1 is 1.19 bits per heavy atom. The molecule has 142 valence electrons. The first kappa shape index (κ1) is 19.0. The van der Waals surface area contributed by atoms with Crippen LogP contribution in [0.2, 0.25) is 0 Å².